The molecule has 0 aliphatic heterocycles. The Morgan fingerprint density at radius 2 is 2.17 bits per heavy atom. The highest BCUT2D eigenvalue weighted by molar-refractivity contribution is 9.10. The number of rotatable bonds is 3. The van der Waals surface area contributed by atoms with Gasteiger partial charge in [-0.05, 0) is 42.9 Å². The topological polar surface area (TPSA) is 29.5 Å². The van der Waals surface area contributed by atoms with E-state index in [9.17, 15) is 5.11 Å². The van der Waals surface area contributed by atoms with Crippen molar-refractivity contribution in [2.24, 2.45) is 11.8 Å². The summed E-state index contributed by atoms with van der Waals surface area (Å²) in [5.74, 6) is 1.86. The van der Waals surface area contributed by atoms with Gasteiger partial charge in [0.1, 0.15) is 5.75 Å². The van der Waals surface area contributed by atoms with Crippen molar-refractivity contribution in [1.82, 2.24) is 0 Å². The number of methoxy groups -OCH3 is 1. The van der Waals surface area contributed by atoms with Crippen LogP contribution >= 0.6 is 15.9 Å². The Morgan fingerprint density at radius 1 is 1.39 bits per heavy atom. The van der Waals surface area contributed by atoms with Crippen molar-refractivity contribution in [3.05, 3.63) is 28.2 Å². The number of hydrogen-bond donors (Lipinski definition) is 1. The van der Waals surface area contributed by atoms with Crippen LogP contribution in [0.3, 0.4) is 0 Å². The summed E-state index contributed by atoms with van der Waals surface area (Å²) in [6.07, 6.45) is 4.32. The number of hydrogen-bond acceptors (Lipinski definition) is 2. The van der Waals surface area contributed by atoms with Crippen molar-refractivity contribution in [3.63, 3.8) is 0 Å². The van der Waals surface area contributed by atoms with Gasteiger partial charge in [0.05, 0.1) is 13.2 Å². The summed E-state index contributed by atoms with van der Waals surface area (Å²) in [5, 5.41) is 10.6. The number of aliphatic hydroxyl groups is 1. The molecule has 0 amide bonds. The lowest BCUT2D eigenvalue weighted by atomic mass is 9.78. The summed E-state index contributed by atoms with van der Waals surface area (Å²) in [6, 6.07) is 5.83. The van der Waals surface area contributed by atoms with E-state index in [0.717, 1.165) is 34.5 Å². The zero-order valence-corrected chi connectivity index (χ0v) is 12.6. The lowest BCUT2D eigenvalue weighted by molar-refractivity contribution is 0.0693. The Balaban J connectivity index is 2.21. The van der Waals surface area contributed by atoms with Gasteiger partial charge < -0.3 is 9.84 Å². The molecule has 1 aromatic carbocycles. The van der Waals surface area contributed by atoms with Gasteiger partial charge in [-0.15, -0.1) is 0 Å². The van der Waals surface area contributed by atoms with Crippen LogP contribution in [0.25, 0.3) is 0 Å². The first kappa shape index (κ1) is 13.9. The van der Waals surface area contributed by atoms with Crippen LogP contribution in [-0.2, 0) is 0 Å². The molecule has 1 aliphatic carbocycles. The van der Waals surface area contributed by atoms with Crippen molar-refractivity contribution in [1.29, 1.82) is 0 Å². The van der Waals surface area contributed by atoms with Crippen molar-refractivity contribution < 1.29 is 9.84 Å². The summed E-state index contributed by atoms with van der Waals surface area (Å²) in [7, 11) is 1.66. The summed E-state index contributed by atoms with van der Waals surface area (Å²) in [4.78, 5) is 0. The normalized spacial score (nSPS) is 25.8. The monoisotopic (exact) mass is 312 g/mol. The molecule has 1 saturated carbocycles. The Bertz CT molecular complexity index is 405. The van der Waals surface area contributed by atoms with Crippen molar-refractivity contribution in [2.75, 3.05) is 7.11 Å². The second-order valence-electron chi connectivity index (χ2n) is 5.36. The van der Waals surface area contributed by atoms with Gasteiger partial charge in [0.2, 0.25) is 0 Å². The standard InChI is InChI=1S/C15H21BrO2/c1-10-4-3-5-11(8-10)15(17)13-9-12(16)6-7-14(13)18-2/h6-7,9-11,15,17H,3-5,8H2,1-2H3. The molecular weight excluding hydrogens is 292 g/mol. The molecule has 3 unspecified atom stereocenters. The quantitative estimate of drug-likeness (QED) is 0.900. The first-order chi connectivity index (χ1) is 8.61. The lowest BCUT2D eigenvalue weighted by Gasteiger charge is -2.31. The van der Waals surface area contributed by atoms with E-state index in [-0.39, 0.29) is 0 Å². The predicted octanol–water partition coefficient (Wildman–Crippen LogP) is 4.32. The number of aliphatic hydroxyl groups excluding tert-OH is 1. The molecule has 1 aliphatic rings. The van der Waals surface area contributed by atoms with Gasteiger partial charge in [-0.3, -0.25) is 0 Å². The summed E-state index contributed by atoms with van der Waals surface area (Å²) in [5.41, 5.74) is 0.908. The average molecular weight is 313 g/mol. The van der Waals surface area contributed by atoms with Crippen LogP contribution in [0.2, 0.25) is 0 Å². The second kappa shape index (κ2) is 6.07. The highest BCUT2D eigenvalue weighted by Gasteiger charge is 2.28. The first-order valence-electron chi connectivity index (χ1n) is 6.63. The number of halogens is 1. The molecule has 0 bridgehead atoms. The molecule has 0 radical (unpaired) electrons. The van der Waals surface area contributed by atoms with E-state index in [1.54, 1.807) is 7.11 Å². The maximum absolute atomic E-state index is 10.6. The molecule has 2 nitrogen and oxygen atoms in total. The number of ether oxygens (including phenoxy) is 1. The zero-order chi connectivity index (χ0) is 13.1. The molecule has 0 saturated heterocycles. The van der Waals surface area contributed by atoms with Crippen LogP contribution in [0.4, 0.5) is 0 Å². The average Bonchev–Trinajstić information content (AvgIpc) is 2.38. The molecule has 18 heavy (non-hydrogen) atoms. The molecular formula is C15H21BrO2. The van der Waals surface area contributed by atoms with E-state index in [1.807, 2.05) is 18.2 Å². The Hall–Kier alpha value is -0.540. The third kappa shape index (κ3) is 3.07. The molecule has 1 aromatic rings. The minimum Gasteiger partial charge on any atom is -0.496 e. The molecule has 0 heterocycles. The van der Waals surface area contributed by atoms with Crippen LogP contribution in [0.15, 0.2) is 22.7 Å². The van der Waals surface area contributed by atoms with Gasteiger partial charge >= 0.3 is 0 Å². The fourth-order valence-electron chi connectivity index (χ4n) is 2.96. The molecule has 3 atom stereocenters. The molecule has 1 N–H and O–H groups in total. The fraction of sp³-hybridized carbons (Fsp3) is 0.600. The van der Waals surface area contributed by atoms with E-state index < -0.39 is 6.10 Å². The van der Waals surface area contributed by atoms with E-state index in [2.05, 4.69) is 22.9 Å². The highest BCUT2D eigenvalue weighted by Crippen LogP contribution is 2.40. The van der Waals surface area contributed by atoms with E-state index in [0.29, 0.717) is 5.92 Å². The molecule has 0 spiro atoms. The van der Waals surface area contributed by atoms with Gasteiger partial charge in [0, 0.05) is 10.0 Å². The van der Waals surface area contributed by atoms with Crippen LogP contribution in [0.5, 0.6) is 5.75 Å². The smallest absolute Gasteiger partial charge is 0.124 e. The molecule has 2 rings (SSSR count). The van der Waals surface area contributed by atoms with Gasteiger partial charge in [-0.2, -0.15) is 0 Å². The zero-order valence-electron chi connectivity index (χ0n) is 11.0. The van der Waals surface area contributed by atoms with Crippen LogP contribution in [0.1, 0.15) is 44.3 Å². The maximum atomic E-state index is 10.6. The van der Waals surface area contributed by atoms with Crippen molar-refractivity contribution in [3.8, 4) is 5.75 Å². The van der Waals surface area contributed by atoms with Crippen LogP contribution in [-0.4, -0.2) is 12.2 Å². The third-order valence-electron chi connectivity index (χ3n) is 3.93. The van der Waals surface area contributed by atoms with Crippen LogP contribution in [0, 0.1) is 11.8 Å². The molecule has 1 fully saturated rings. The summed E-state index contributed by atoms with van der Waals surface area (Å²) >= 11 is 3.46. The van der Waals surface area contributed by atoms with Crippen molar-refractivity contribution >= 4 is 15.9 Å². The van der Waals surface area contributed by atoms with Gasteiger partial charge in [0.15, 0.2) is 0 Å². The minimum absolute atomic E-state index is 0.358. The van der Waals surface area contributed by atoms with Gasteiger partial charge in [-0.25, -0.2) is 0 Å². The summed E-state index contributed by atoms with van der Waals surface area (Å²) < 4.78 is 6.35. The Kier molecular flexibility index (Phi) is 4.68. The molecule has 3 heteroatoms. The Labute approximate surface area is 117 Å². The SMILES string of the molecule is COc1ccc(Br)cc1C(O)C1CCCC(C)C1. The van der Waals surface area contributed by atoms with E-state index in [1.165, 1.54) is 12.8 Å². The molecule has 100 valence electrons. The lowest BCUT2D eigenvalue weighted by Crippen LogP contribution is -2.20. The largest absolute Gasteiger partial charge is 0.496 e. The van der Waals surface area contributed by atoms with Gasteiger partial charge in [0.25, 0.3) is 0 Å². The van der Waals surface area contributed by atoms with Gasteiger partial charge in [-0.1, -0.05) is 35.7 Å². The fourth-order valence-corrected chi connectivity index (χ4v) is 3.34. The highest BCUT2D eigenvalue weighted by atomic mass is 79.9. The number of benzene rings is 1. The minimum atomic E-state index is -0.416. The Morgan fingerprint density at radius 3 is 2.83 bits per heavy atom. The van der Waals surface area contributed by atoms with E-state index in [4.69, 9.17) is 4.74 Å². The molecule has 0 aromatic heterocycles. The second-order valence-corrected chi connectivity index (χ2v) is 6.28. The van der Waals surface area contributed by atoms with Crippen LogP contribution < -0.4 is 4.74 Å². The maximum Gasteiger partial charge on any atom is 0.124 e. The third-order valence-corrected chi connectivity index (χ3v) is 4.43. The first-order valence-corrected chi connectivity index (χ1v) is 7.42. The van der Waals surface area contributed by atoms with E-state index >= 15 is 0 Å². The predicted molar refractivity (Wildman–Crippen MR) is 76.8 cm³/mol. The van der Waals surface area contributed by atoms with Crippen molar-refractivity contribution in [2.45, 2.75) is 38.7 Å². The summed E-state index contributed by atoms with van der Waals surface area (Å²) in [6.45, 7) is 2.27.